The fourth-order valence-corrected chi connectivity index (χ4v) is 1.41. The molecule has 0 N–H and O–H groups in total. The Balaban J connectivity index is 2.54. The summed E-state index contributed by atoms with van der Waals surface area (Å²) < 4.78 is 0. The molecule has 70 valence electrons. The summed E-state index contributed by atoms with van der Waals surface area (Å²) in [6, 6.07) is -0.220. The lowest BCUT2D eigenvalue weighted by Crippen LogP contribution is -2.33. The average molecular weight is 179 g/mol. The Labute approximate surface area is 77.7 Å². The van der Waals surface area contributed by atoms with Gasteiger partial charge in [0.2, 0.25) is 5.91 Å². The highest BCUT2D eigenvalue weighted by molar-refractivity contribution is 5.83. The second-order valence-corrected chi connectivity index (χ2v) is 2.95. The summed E-state index contributed by atoms with van der Waals surface area (Å²) in [7, 11) is 0. The summed E-state index contributed by atoms with van der Waals surface area (Å²) >= 11 is 0. The molecule has 1 atom stereocenters. The number of hydrogen-bond acceptors (Lipinski definition) is 2. The Morgan fingerprint density at radius 3 is 3.00 bits per heavy atom. The first kappa shape index (κ1) is 9.71. The van der Waals surface area contributed by atoms with Crippen molar-refractivity contribution >= 4 is 12.2 Å². The van der Waals surface area contributed by atoms with Crippen LogP contribution in [0.15, 0.2) is 24.8 Å². The fraction of sp³-hybridized carbons (Fsp3) is 0.400. The zero-order valence-electron chi connectivity index (χ0n) is 7.48. The van der Waals surface area contributed by atoms with Gasteiger partial charge >= 0.3 is 0 Å². The molecule has 1 rings (SSSR count). The number of aldehydes is 1. The van der Waals surface area contributed by atoms with Gasteiger partial charge in [-0.1, -0.05) is 24.8 Å². The van der Waals surface area contributed by atoms with Gasteiger partial charge in [-0.05, 0) is 6.42 Å². The molecule has 0 spiro atoms. The Morgan fingerprint density at radius 2 is 2.38 bits per heavy atom. The van der Waals surface area contributed by atoms with Gasteiger partial charge in [0.05, 0.1) is 6.04 Å². The molecular weight excluding hydrogens is 166 g/mol. The number of nitrogens with zero attached hydrogens (tertiary/aromatic N) is 1. The normalized spacial score (nSPS) is 22.6. The number of allylic oxidation sites excluding steroid dienone is 2. The summed E-state index contributed by atoms with van der Waals surface area (Å²) in [5, 5.41) is 0. The number of carbonyl (C=O) groups excluding carboxylic acids is 2. The highest BCUT2D eigenvalue weighted by Gasteiger charge is 2.29. The molecule has 0 saturated carbocycles. The van der Waals surface area contributed by atoms with Crippen LogP contribution in [0.2, 0.25) is 0 Å². The molecule has 0 bridgehead atoms. The molecule has 0 unspecified atom stereocenters. The van der Waals surface area contributed by atoms with Gasteiger partial charge in [-0.15, -0.1) is 0 Å². The van der Waals surface area contributed by atoms with Crippen molar-refractivity contribution in [2.24, 2.45) is 0 Å². The van der Waals surface area contributed by atoms with E-state index in [0.29, 0.717) is 19.4 Å². The third-order valence-corrected chi connectivity index (χ3v) is 2.11. The van der Waals surface area contributed by atoms with E-state index in [-0.39, 0.29) is 11.9 Å². The average Bonchev–Trinajstić information content (AvgIpc) is 2.48. The van der Waals surface area contributed by atoms with Crippen LogP contribution in [-0.2, 0) is 9.59 Å². The predicted octanol–water partition coefficient (Wildman–Crippen LogP) is 0.918. The third kappa shape index (κ3) is 2.28. The van der Waals surface area contributed by atoms with Crippen LogP contribution in [0, 0.1) is 0 Å². The van der Waals surface area contributed by atoms with E-state index in [4.69, 9.17) is 0 Å². The smallest absolute Gasteiger partial charge is 0.223 e. The lowest BCUT2D eigenvalue weighted by atomic mass is 10.2. The van der Waals surface area contributed by atoms with Crippen molar-refractivity contribution in [2.45, 2.75) is 18.9 Å². The lowest BCUT2D eigenvalue weighted by Gasteiger charge is -2.17. The van der Waals surface area contributed by atoms with Crippen LogP contribution < -0.4 is 0 Å². The molecule has 0 aliphatic carbocycles. The number of amides is 1. The maximum atomic E-state index is 11.2. The van der Waals surface area contributed by atoms with Gasteiger partial charge in [0.25, 0.3) is 0 Å². The van der Waals surface area contributed by atoms with Gasteiger partial charge in [0, 0.05) is 13.0 Å². The zero-order chi connectivity index (χ0) is 9.68. The van der Waals surface area contributed by atoms with Crippen LogP contribution in [0.5, 0.6) is 0 Å². The topological polar surface area (TPSA) is 37.4 Å². The van der Waals surface area contributed by atoms with E-state index in [0.717, 1.165) is 6.29 Å². The second kappa shape index (κ2) is 4.60. The highest BCUT2D eigenvalue weighted by atomic mass is 16.2. The van der Waals surface area contributed by atoms with E-state index in [1.54, 1.807) is 17.1 Å². The van der Waals surface area contributed by atoms with Crippen molar-refractivity contribution in [2.75, 3.05) is 6.54 Å². The van der Waals surface area contributed by atoms with E-state index in [9.17, 15) is 9.59 Å². The van der Waals surface area contributed by atoms with Crippen molar-refractivity contribution in [3.63, 3.8) is 0 Å². The largest absolute Gasteiger partial charge is 0.329 e. The predicted molar refractivity (Wildman–Crippen MR) is 50.1 cm³/mol. The minimum absolute atomic E-state index is 0.0609. The first-order valence-electron chi connectivity index (χ1n) is 4.32. The molecule has 1 aliphatic rings. The first-order chi connectivity index (χ1) is 6.29. The molecular formula is C10H13NO2. The Hall–Kier alpha value is -1.38. The van der Waals surface area contributed by atoms with E-state index < -0.39 is 0 Å². The Kier molecular flexibility index (Phi) is 3.43. The maximum Gasteiger partial charge on any atom is 0.223 e. The van der Waals surface area contributed by atoms with Gasteiger partial charge in [-0.25, -0.2) is 0 Å². The molecule has 3 heteroatoms. The molecule has 13 heavy (non-hydrogen) atoms. The summed E-state index contributed by atoms with van der Waals surface area (Å²) in [6.07, 6.45) is 7.24. The quantitative estimate of drug-likeness (QED) is 0.475. The summed E-state index contributed by atoms with van der Waals surface area (Å²) in [5.74, 6) is 0.0609. The van der Waals surface area contributed by atoms with Crippen LogP contribution in [0.3, 0.4) is 0 Å². The van der Waals surface area contributed by atoms with Crippen LogP contribution in [-0.4, -0.2) is 29.7 Å². The first-order valence-corrected chi connectivity index (χ1v) is 4.32. The van der Waals surface area contributed by atoms with Crippen LogP contribution in [0.4, 0.5) is 0 Å². The molecule has 1 saturated heterocycles. The van der Waals surface area contributed by atoms with Gasteiger partial charge < -0.3 is 9.69 Å². The van der Waals surface area contributed by atoms with Crippen LogP contribution >= 0.6 is 0 Å². The van der Waals surface area contributed by atoms with Gasteiger partial charge in [-0.2, -0.15) is 0 Å². The van der Waals surface area contributed by atoms with Crippen molar-refractivity contribution in [3.8, 4) is 0 Å². The maximum absolute atomic E-state index is 11.2. The standard InChI is InChI=1S/C10H13NO2/c1-2-3-4-7-11-9(8-12)5-6-10(11)13/h2-4,8-9H,1,5-7H2/b4-3+/t9-/m0/s1. The van der Waals surface area contributed by atoms with Gasteiger partial charge in [-0.3, -0.25) is 4.79 Å². The Bertz CT molecular complexity index is 245. The molecule has 3 nitrogen and oxygen atoms in total. The molecule has 0 aromatic heterocycles. The summed E-state index contributed by atoms with van der Waals surface area (Å²) in [6.45, 7) is 4.03. The second-order valence-electron chi connectivity index (χ2n) is 2.95. The number of carbonyl (C=O) groups is 2. The van der Waals surface area contributed by atoms with E-state index in [2.05, 4.69) is 6.58 Å². The van der Waals surface area contributed by atoms with Crippen molar-refractivity contribution in [3.05, 3.63) is 24.8 Å². The molecule has 1 amide bonds. The third-order valence-electron chi connectivity index (χ3n) is 2.11. The number of likely N-dealkylation sites (tertiary alicyclic amines) is 1. The molecule has 0 aromatic carbocycles. The molecule has 0 radical (unpaired) electrons. The van der Waals surface area contributed by atoms with Crippen molar-refractivity contribution in [1.82, 2.24) is 4.90 Å². The fourth-order valence-electron chi connectivity index (χ4n) is 1.41. The van der Waals surface area contributed by atoms with E-state index in [1.165, 1.54) is 0 Å². The SMILES string of the molecule is C=C/C=C/CN1C(=O)CC[C@H]1C=O. The minimum Gasteiger partial charge on any atom is -0.329 e. The van der Waals surface area contributed by atoms with E-state index in [1.807, 2.05) is 6.08 Å². The minimum atomic E-state index is -0.220. The highest BCUT2D eigenvalue weighted by Crippen LogP contribution is 2.16. The monoisotopic (exact) mass is 179 g/mol. The number of hydrogen-bond donors (Lipinski definition) is 0. The number of rotatable bonds is 4. The summed E-state index contributed by atoms with van der Waals surface area (Å²) in [4.78, 5) is 23.4. The molecule has 1 fully saturated rings. The Morgan fingerprint density at radius 1 is 1.62 bits per heavy atom. The molecule has 0 aromatic rings. The van der Waals surface area contributed by atoms with E-state index >= 15 is 0 Å². The van der Waals surface area contributed by atoms with Crippen LogP contribution in [0.25, 0.3) is 0 Å². The van der Waals surface area contributed by atoms with Crippen molar-refractivity contribution in [1.29, 1.82) is 0 Å². The van der Waals surface area contributed by atoms with Gasteiger partial charge in [0.1, 0.15) is 6.29 Å². The van der Waals surface area contributed by atoms with Crippen LogP contribution in [0.1, 0.15) is 12.8 Å². The van der Waals surface area contributed by atoms with Gasteiger partial charge in [0.15, 0.2) is 0 Å². The molecule has 1 aliphatic heterocycles. The summed E-state index contributed by atoms with van der Waals surface area (Å²) in [5.41, 5.74) is 0. The zero-order valence-corrected chi connectivity index (χ0v) is 7.48. The van der Waals surface area contributed by atoms with Crippen molar-refractivity contribution < 1.29 is 9.59 Å². The molecule has 1 heterocycles. The lowest BCUT2D eigenvalue weighted by molar-refractivity contribution is -0.130.